The fraction of sp³-hybridized carbons (Fsp3) is 0.462. The van der Waals surface area contributed by atoms with Crippen molar-refractivity contribution in [2.24, 2.45) is 4.99 Å². The zero-order chi connectivity index (χ0) is 13.0. The number of rotatable bonds is 4. The highest BCUT2D eigenvalue weighted by Gasteiger charge is 2.21. The largest absolute Gasteiger partial charge is 0.497 e. The van der Waals surface area contributed by atoms with E-state index < -0.39 is 0 Å². The van der Waals surface area contributed by atoms with E-state index in [-0.39, 0.29) is 0 Å². The predicted molar refractivity (Wildman–Crippen MR) is 81.9 cm³/mol. The van der Waals surface area contributed by atoms with E-state index in [4.69, 9.17) is 4.74 Å². The molecule has 2 rings (SSSR count). The van der Waals surface area contributed by atoms with Crippen molar-refractivity contribution in [1.82, 2.24) is 4.90 Å². The first-order chi connectivity index (χ1) is 8.72. The molecule has 0 spiro atoms. The summed E-state index contributed by atoms with van der Waals surface area (Å²) in [6, 6.07) is 8.17. The van der Waals surface area contributed by atoms with Crippen LogP contribution in [0.15, 0.2) is 29.3 Å². The maximum Gasteiger partial charge on any atom is 0.159 e. The molecular weight excluding hydrogens is 312 g/mol. The summed E-state index contributed by atoms with van der Waals surface area (Å²) in [5.41, 5.74) is 1.24. The molecule has 1 aromatic rings. The number of aliphatic imine (C=N–C) groups is 1. The van der Waals surface area contributed by atoms with Crippen molar-refractivity contribution >= 4 is 32.9 Å². The zero-order valence-corrected chi connectivity index (χ0v) is 13.0. The van der Waals surface area contributed by atoms with Gasteiger partial charge in [0.1, 0.15) is 5.75 Å². The minimum absolute atomic E-state index is 0.577. The monoisotopic (exact) mass is 328 g/mol. The zero-order valence-electron chi connectivity index (χ0n) is 10.6. The lowest BCUT2D eigenvalue weighted by Gasteiger charge is -2.19. The lowest BCUT2D eigenvalue weighted by molar-refractivity contribution is 0.413. The molecule has 5 heteroatoms. The van der Waals surface area contributed by atoms with Crippen LogP contribution in [0.1, 0.15) is 5.56 Å². The number of halogens is 1. The van der Waals surface area contributed by atoms with E-state index in [2.05, 4.69) is 45.0 Å². The number of nitrogens with zero attached hydrogens (tertiary/aromatic N) is 2. The number of thioether (sulfide) groups is 1. The Morgan fingerprint density at radius 1 is 1.56 bits per heavy atom. The minimum Gasteiger partial charge on any atom is -0.497 e. The second kappa shape index (κ2) is 6.48. The Bertz CT molecular complexity index is 439. The number of hydrogen-bond donors (Lipinski definition) is 0. The van der Waals surface area contributed by atoms with Crippen molar-refractivity contribution in [3.05, 3.63) is 29.8 Å². The summed E-state index contributed by atoms with van der Waals surface area (Å²) in [6.07, 6.45) is 0. The molecule has 0 bridgehead atoms. The van der Waals surface area contributed by atoms with Gasteiger partial charge in [0.05, 0.1) is 13.7 Å². The maximum absolute atomic E-state index is 5.24. The molecule has 0 aromatic heterocycles. The quantitative estimate of drug-likeness (QED) is 0.794. The Morgan fingerprint density at radius 2 is 2.39 bits per heavy atom. The van der Waals surface area contributed by atoms with E-state index in [1.54, 1.807) is 7.11 Å². The molecule has 1 aliphatic rings. The molecule has 0 saturated carbocycles. The molecule has 1 heterocycles. The number of alkyl halides is 1. The fourth-order valence-electron chi connectivity index (χ4n) is 1.81. The van der Waals surface area contributed by atoms with Gasteiger partial charge in [-0.1, -0.05) is 39.8 Å². The van der Waals surface area contributed by atoms with Crippen LogP contribution >= 0.6 is 27.7 Å². The van der Waals surface area contributed by atoms with E-state index in [1.807, 2.05) is 23.9 Å². The van der Waals surface area contributed by atoms with Crippen molar-refractivity contribution in [2.75, 3.05) is 26.0 Å². The van der Waals surface area contributed by atoms with Crippen LogP contribution in [0.5, 0.6) is 5.75 Å². The predicted octanol–water partition coefficient (Wildman–Crippen LogP) is 2.99. The van der Waals surface area contributed by atoms with Gasteiger partial charge in [-0.05, 0) is 17.7 Å². The molecule has 18 heavy (non-hydrogen) atoms. The van der Waals surface area contributed by atoms with Gasteiger partial charge in [0.2, 0.25) is 0 Å². The molecular formula is C13H17BrN2OS. The normalized spacial score (nSPS) is 18.6. The third kappa shape index (κ3) is 3.42. The summed E-state index contributed by atoms with van der Waals surface area (Å²) in [6.45, 7) is 1.77. The Labute approximate surface area is 121 Å². The molecule has 1 atom stereocenters. The summed E-state index contributed by atoms with van der Waals surface area (Å²) in [4.78, 5) is 6.77. The molecule has 0 radical (unpaired) electrons. The van der Waals surface area contributed by atoms with Crippen molar-refractivity contribution < 1.29 is 4.74 Å². The molecule has 0 amide bonds. The summed E-state index contributed by atoms with van der Waals surface area (Å²) in [7, 11) is 3.78. The fourth-order valence-corrected chi connectivity index (χ4v) is 3.31. The molecule has 98 valence electrons. The van der Waals surface area contributed by atoms with E-state index in [0.29, 0.717) is 5.25 Å². The summed E-state index contributed by atoms with van der Waals surface area (Å²) in [5.74, 6) is 0.903. The number of hydrogen-bond acceptors (Lipinski definition) is 4. The number of benzene rings is 1. The molecule has 1 aliphatic heterocycles. The van der Waals surface area contributed by atoms with Gasteiger partial charge in [-0.25, -0.2) is 0 Å². The minimum atomic E-state index is 0.577. The Hall–Kier alpha value is -0.680. The van der Waals surface area contributed by atoms with Gasteiger partial charge in [-0.3, -0.25) is 4.99 Å². The first-order valence-corrected chi connectivity index (χ1v) is 7.84. The molecule has 0 N–H and O–H groups in total. The molecule has 0 saturated heterocycles. The van der Waals surface area contributed by atoms with Gasteiger partial charge in [-0.15, -0.1) is 0 Å². The van der Waals surface area contributed by atoms with Crippen molar-refractivity contribution in [3.8, 4) is 5.75 Å². The van der Waals surface area contributed by atoms with Crippen LogP contribution in [0.25, 0.3) is 0 Å². The summed E-state index contributed by atoms with van der Waals surface area (Å²) < 4.78 is 5.24. The van der Waals surface area contributed by atoms with Gasteiger partial charge in [0, 0.05) is 24.2 Å². The van der Waals surface area contributed by atoms with E-state index in [1.165, 1.54) is 5.56 Å². The van der Waals surface area contributed by atoms with Gasteiger partial charge in [0.25, 0.3) is 0 Å². The van der Waals surface area contributed by atoms with E-state index >= 15 is 0 Å². The lowest BCUT2D eigenvalue weighted by atomic mass is 10.2. The van der Waals surface area contributed by atoms with Crippen molar-refractivity contribution in [3.63, 3.8) is 0 Å². The number of methoxy groups -OCH3 is 1. The summed E-state index contributed by atoms with van der Waals surface area (Å²) in [5, 5.41) is 2.70. The SMILES string of the molecule is COc1cccc(CN(C)C2=NCC(CBr)S2)c1. The van der Waals surface area contributed by atoms with Crippen molar-refractivity contribution in [2.45, 2.75) is 11.8 Å². The second-order valence-electron chi connectivity index (χ2n) is 4.23. The van der Waals surface area contributed by atoms with Crippen LogP contribution in [-0.2, 0) is 6.54 Å². The smallest absolute Gasteiger partial charge is 0.159 e. The van der Waals surface area contributed by atoms with E-state index in [0.717, 1.165) is 29.3 Å². The first-order valence-electron chi connectivity index (χ1n) is 5.84. The lowest BCUT2D eigenvalue weighted by Crippen LogP contribution is -2.23. The topological polar surface area (TPSA) is 24.8 Å². The Morgan fingerprint density at radius 3 is 3.06 bits per heavy atom. The third-order valence-corrected chi connectivity index (χ3v) is 5.27. The average molecular weight is 329 g/mol. The third-order valence-electron chi connectivity index (χ3n) is 2.75. The maximum atomic E-state index is 5.24. The highest BCUT2D eigenvalue weighted by atomic mass is 79.9. The van der Waals surface area contributed by atoms with Gasteiger partial charge in [-0.2, -0.15) is 0 Å². The molecule has 1 aromatic carbocycles. The summed E-state index contributed by atoms with van der Waals surface area (Å²) >= 11 is 5.36. The Kier molecular flexibility index (Phi) is 4.95. The highest BCUT2D eigenvalue weighted by Crippen LogP contribution is 2.25. The second-order valence-corrected chi connectivity index (χ2v) is 6.14. The van der Waals surface area contributed by atoms with Gasteiger partial charge in [0.15, 0.2) is 5.17 Å². The number of ether oxygens (including phenoxy) is 1. The first kappa shape index (κ1) is 13.7. The van der Waals surface area contributed by atoms with Crippen LogP contribution in [0.3, 0.4) is 0 Å². The van der Waals surface area contributed by atoms with Crippen molar-refractivity contribution in [1.29, 1.82) is 0 Å². The van der Waals surface area contributed by atoms with E-state index in [9.17, 15) is 0 Å². The Balaban J connectivity index is 1.96. The van der Waals surface area contributed by atoms with Crippen LogP contribution in [0, 0.1) is 0 Å². The molecule has 3 nitrogen and oxygen atoms in total. The molecule has 0 aliphatic carbocycles. The average Bonchev–Trinajstić information content (AvgIpc) is 2.88. The van der Waals surface area contributed by atoms with Crippen LogP contribution < -0.4 is 4.74 Å². The molecule has 1 unspecified atom stereocenters. The van der Waals surface area contributed by atoms with Crippen LogP contribution in [0.2, 0.25) is 0 Å². The van der Waals surface area contributed by atoms with Crippen LogP contribution in [0.4, 0.5) is 0 Å². The van der Waals surface area contributed by atoms with Crippen LogP contribution in [-0.4, -0.2) is 41.3 Å². The highest BCUT2D eigenvalue weighted by molar-refractivity contribution is 9.09. The molecule has 0 fully saturated rings. The standard InChI is InChI=1S/C13H17BrN2OS/c1-16(13-15-8-12(7-14)18-13)9-10-4-3-5-11(6-10)17-2/h3-6,12H,7-9H2,1-2H3. The van der Waals surface area contributed by atoms with Gasteiger partial charge < -0.3 is 9.64 Å². The van der Waals surface area contributed by atoms with Gasteiger partial charge >= 0.3 is 0 Å². The number of amidine groups is 1.